The van der Waals surface area contributed by atoms with Crippen LogP contribution in [0.25, 0.3) is 0 Å². The van der Waals surface area contributed by atoms with Gasteiger partial charge in [0.05, 0.1) is 23.8 Å². The van der Waals surface area contributed by atoms with Gasteiger partial charge in [0, 0.05) is 12.1 Å². The number of carbonyl (C=O) groups is 3. The lowest BCUT2D eigenvalue weighted by Gasteiger charge is -2.27. The predicted molar refractivity (Wildman–Crippen MR) is 87.9 cm³/mol. The van der Waals surface area contributed by atoms with Crippen molar-refractivity contribution in [3.8, 4) is 0 Å². The first-order chi connectivity index (χ1) is 12.3. The van der Waals surface area contributed by atoms with E-state index < -0.39 is 35.5 Å². The van der Waals surface area contributed by atoms with E-state index in [1.54, 1.807) is 6.92 Å². The van der Waals surface area contributed by atoms with E-state index in [1.807, 2.05) is 0 Å². The van der Waals surface area contributed by atoms with Gasteiger partial charge in [0.25, 0.3) is 0 Å². The maximum Gasteiger partial charge on any atom is 0.340 e. The summed E-state index contributed by atoms with van der Waals surface area (Å²) in [6.45, 7) is 1.60. The van der Waals surface area contributed by atoms with Crippen LogP contribution in [0.15, 0.2) is 12.1 Å². The Hall–Kier alpha value is -2.71. The molecule has 9 heteroatoms. The number of carboxylic acid groups (broad SMARTS) is 1. The molecule has 2 rings (SSSR count). The molecule has 1 aliphatic rings. The summed E-state index contributed by atoms with van der Waals surface area (Å²) < 4.78 is 31.7. The number of urea groups is 1. The molecule has 1 aromatic rings. The summed E-state index contributed by atoms with van der Waals surface area (Å²) >= 11 is 0. The van der Waals surface area contributed by atoms with Gasteiger partial charge in [-0.2, -0.15) is 0 Å². The van der Waals surface area contributed by atoms with Crippen molar-refractivity contribution in [2.75, 3.05) is 11.9 Å². The molecular formula is C17H20F2N2O5. The lowest BCUT2D eigenvalue weighted by Crippen LogP contribution is -2.41. The first-order valence-electron chi connectivity index (χ1n) is 8.28. The monoisotopic (exact) mass is 370 g/mol. The number of carboxylic acids is 1. The molecule has 3 N–H and O–H groups in total. The smallest absolute Gasteiger partial charge is 0.340 e. The third-order valence-corrected chi connectivity index (χ3v) is 4.22. The normalized spacial score (nSPS) is 19.5. The van der Waals surface area contributed by atoms with Crippen LogP contribution in [-0.2, 0) is 9.53 Å². The predicted octanol–water partition coefficient (Wildman–Crippen LogP) is 2.91. The Balaban J connectivity index is 2.03. The molecule has 2 amide bonds. The van der Waals surface area contributed by atoms with Crippen molar-refractivity contribution in [2.24, 2.45) is 5.92 Å². The quantitative estimate of drug-likeness (QED) is 0.691. The average Bonchev–Trinajstić information content (AvgIpc) is 2.58. The molecule has 1 aromatic carbocycles. The Morgan fingerprint density at radius 2 is 1.77 bits per heavy atom. The Morgan fingerprint density at radius 3 is 2.35 bits per heavy atom. The number of esters is 1. The summed E-state index contributed by atoms with van der Waals surface area (Å²) in [6.07, 6.45) is 1.87. The van der Waals surface area contributed by atoms with E-state index >= 15 is 0 Å². The number of aliphatic carboxylic acids is 1. The topological polar surface area (TPSA) is 105 Å². The van der Waals surface area contributed by atoms with Crippen LogP contribution in [0.2, 0.25) is 0 Å². The Labute approximate surface area is 148 Å². The van der Waals surface area contributed by atoms with Crippen LogP contribution in [0.3, 0.4) is 0 Å². The fourth-order valence-corrected chi connectivity index (χ4v) is 2.86. The number of nitrogens with one attached hydrogen (secondary N) is 2. The minimum absolute atomic E-state index is 0.0380. The highest BCUT2D eigenvalue weighted by Gasteiger charge is 2.27. The molecular weight excluding hydrogens is 350 g/mol. The van der Waals surface area contributed by atoms with E-state index in [9.17, 15) is 23.2 Å². The van der Waals surface area contributed by atoms with Gasteiger partial charge < -0.3 is 20.5 Å². The van der Waals surface area contributed by atoms with E-state index in [2.05, 4.69) is 10.6 Å². The number of hydrogen-bond acceptors (Lipinski definition) is 4. The first kappa shape index (κ1) is 19.6. The third-order valence-electron chi connectivity index (χ3n) is 4.22. The second-order valence-corrected chi connectivity index (χ2v) is 6.02. The standard InChI is InChI=1S/C17H20F2N2O5/c1-2-26-16(24)11-7-12(18)13(19)8-14(11)21-17(25)20-10-5-3-9(4-6-10)15(22)23/h7-10H,2-6H2,1H3,(H,22,23)(H2,20,21,25). The number of ether oxygens (including phenoxy) is 1. The number of carbonyl (C=O) groups excluding carboxylic acids is 2. The number of rotatable bonds is 5. The van der Waals surface area contributed by atoms with Gasteiger partial charge in [-0.15, -0.1) is 0 Å². The summed E-state index contributed by atoms with van der Waals surface area (Å²) in [4.78, 5) is 34.9. The van der Waals surface area contributed by atoms with Crippen LogP contribution < -0.4 is 10.6 Å². The van der Waals surface area contributed by atoms with Gasteiger partial charge >= 0.3 is 18.0 Å². The lowest BCUT2D eigenvalue weighted by molar-refractivity contribution is -0.142. The summed E-state index contributed by atoms with van der Waals surface area (Å²) in [5.74, 6) is -4.60. The molecule has 26 heavy (non-hydrogen) atoms. The first-order valence-corrected chi connectivity index (χ1v) is 8.28. The zero-order chi connectivity index (χ0) is 19.3. The number of benzene rings is 1. The highest BCUT2D eigenvalue weighted by atomic mass is 19.2. The lowest BCUT2D eigenvalue weighted by atomic mass is 9.86. The maximum atomic E-state index is 13.5. The Bertz CT molecular complexity index is 703. The molecule has 0 aromatic heterocycles. The van der Waals surface area contributed by atoms with Crippen LogP contribution in [-0.4, -0.2) is 35.7 Å². The molecule has 0 radical (unpaired) electrons. The molecule has 7 nitrogen and oxygen atoms in total. The van der Waals surface area contributed by atoms with E-state index in [0.29, 0.717) is 37.8 Å². The second kappa shape index (κ2) is 8.59. The van der Waals surface area contributed by atoms with Crippen LogP contribution >= 0.6 is 0 Å². The average molecular weight is 370 g/mol. The SMILES string of the molecule is CCOC(=O)c1cc(F)c(F)cc1NC(=O)NC1CCC(C(=O)O)CC1. The number of anilines is 1. The molecule has 0 unspecified atom stereocenters. The van der Waals surface area contributed by atoms with E-state index in [1.165, 1.54) is 0 Å². The van der Waals surface area contributed by atoms with E-state index in [-0.39, 0.29) is 23.9 Å². The van der Waals surface area contributed by atoms with Crippen molar-refractivity contribution < 1.29 is 33.0 Å². The number of amides is 2. The van der Waals surface area contributed by atoms with Crippen LogP contribution in [0.5, 0.6) is 0 Å². The van der Waals surface area contributed by atoms with Crippen molar-refractivity contribution in [2.45, 2.75) is 38.6 Å². The molecule has 0 heterocycles. The molecule has 0 spiro atoms. The maximum absolute atomic E-state index is 13.5. The molecule has 142 valence electrons. The van der Waals surface area contributed by atoms with E-state index in [0.717, 1.165) is 0 Å². The minimum atomic E-state index is -1.23. The number of halogens is 2. The third kappa shape index (κ3) is 4.90. The van der Waals surface area contributed by atoms with Gasteiger partial charge in [-0.05, 0) is 38.7 Å². The molecule has 1 saturated carbocycles. The minimum Gasteiger partial charge on any atom is -0.481 e. The van der Waals surface area contributed by atoms with Gasteiger partial charge in [-0.3, -0.25) is 4.79 Å². The van der Waals surface area contributed by atoms with Crippen LogP contribution in [0, 0.1) is 17.6 Å². The second-order valence-electron chi connectivity index (χ2n) is 6.02. The van der Waals surface area contributed by atoms with Crippen LogP contribution in [0.4, 0.5) is 19.3 Å². The van der Waals surface area contributed by atoms with E-state index in [4.69, 9.17) is 9.84 Å². The van der Waals surface area contributed by atoms with Gasteiger partial charge in [0.1, 0.15) is 0 Å². The summed E-state index contributed by atoms with van der Waals surface area (Å²) in [5, 5.41) is 13.9. The Kier molecular flexibility index (Phi) is 6.48. The summed E-state index contributed by atoms with van der Waals surface area (Å²) in [6, 6.07) is 0.450. The zero-order valence-electron chi connectivity index (χ0n) is 14.2. The van der Waals surface area contributed by atoms with Gasteiger partial charge in [-0.25, -0.2) is 18.4 Å². The molecule has 0 saturated heterocycles. The fourth-order valence-electron chi connectivity index (χ4n) is 2.86. The number of hydrogen-bond donors (Lipinski definition) is 3. The van der Waals surface area contributed by atoms with Crippen molar-refractivity contribution in [1.29, 1.82) is 0 Å². The molecule has 0 atom stereocenters. The van der Waals surface area contributed by atoms with Crippen molar-refractivity contribution in [3.63, 3.8) is 0 Å². The molecule has 1 aliphatic carbocycles. The Morgan fingerprint density at radius 1 is 1.15 bits per heavy atom. The van der Waals surface area contributed by atoms with Crippen LogP contribution in [0.1, 0.15) is 43.0 Å². The summed E-state index contributed by atoms with van der Waals surface area (Å²) in [7, 11) is 0. The highest BCUT2D eigenvalue weighted by Crippen LogP contribution is 2.25. The zero-order valence-corrected chi connectivity index (χ0v) is 14.2. The van der Waals surface area contributed by atoms with Crippen molar-refractivity contribution >= 4 is 23.7 Å². The largest absolute Gasteiger partial charge is 0.481 e. The van der Waals surface area contributed by atoms with Crippen molar-refractivity contribution in [1.82, 2.24) is 5.32 Å². The highest BCUT2D eigenvalue weighted by molar-refractivity contribution is 6.01. The molecule has 1 fully saturated rings. The van der Waals surface area contributed by atoms with Gasteiger partial charge in [0.2, 0.25) is 0 Å². The molecule has 0 aliphatic heterocycles. The van der Waals surface area contributed by atoms with Gasteiger partial charge in [-0.1, -0.05) is 0 Å². The summed E-state index contributed by atoms with van der Waals surface area (Å²) in [5.41, 5.74) is -0.505. The van der Waals surface area contributed by atoms with Gasteiger partial charge in [0.15, 0.2) is 11.6 Å². The molecule has 0 bridgehead atoms. The fraction of sp³-hybridized carbons (Fsp3) is 0.471. The van der Waals surface area contributed by atoms with Crippen molar-refractivity contribution in [3.05, 3.63) is 29.3 Å².